The van der Waals surface area contributed by atoms with E-state index in [-0.39, 0.29) is 12.0 Å². The van der Waals surface area contributed by atoms with Crippen LogP contribution in [0.25, 0.3) is 0 Å². The minimum atomic E-state index is -0.0955. The molecule has 1 atom stereocenters. The fraction of sp³-hybridized carbons (Fsp3) is 0.900. The monoisotopic (exact) mass is 187 g/mol. The molecule has 0 saturated heterocycles. The number of ether oxygens (including phenoxy) is 1. The van der Waals surface area contributed by atoms with E-state index in [0.717, 1.165) is 13.1 Å². The summed E-state index contributed by atoms with van der Waals surface area (Å²) in [5.74, 6) is -0.0955. The van der Waals surface area contributed by atoms with Crippen LogP contribution in [0.4, 0.5) is 0 Å². The lowest BCUT2D eigenvalue weighted by molar-refractivity contribution is -0.144. The van der Waals surface area contributed by atoms with Crippen molar-refractivity contribution in [3.8, 4) is 0 Å². The van der Waals surface area contributed by atoms with Crippen molar-refractivity contribution in [2.24, 2.45) is 0 Å². The summed E-state index contributed by atoms with van der Waals surface area (Å²) in [7, 11) is 0. The van der Waals surface area contributed by atoms with E-state index in [9.17, 15) is 4.79 Å². The quantitative estimate of drug-likeness (QED) is 0.592. The number of carbonyl (C=O) groups is 1. The summed E-state index contributed by atoms with van der Waals surface area (Å²) in [5, 5.41) is 0. The van der Waals surface area contributed by atoms with Crippen molar-refractivity contribution in [1.29, 1.82) is 0 Å². The Bertz CT molecular complexity index is 144. The highest BCUT2D eigenvalue weighted by Gasteiger charge is 2.14. The van der Waals surface area contributed by atoms with Gasteiger partial charge in [-0.25, -0.2) is 0 Å². The molecule has 0 spiro atoms. The fourth-order valence-corrected chi connectivity index (χ4v) is 1.44. The van der Waals surface area contributed by atoms with Gasteiger partial charge in [0.1, 0.15) is 0 Å². The Kier molecular flexibility index (Phi) is 6.59. The van der Waals surface area contributed by atoms with Crippen molar-refractivity contribution >= 4 is 5.97 Å². The van der Waals surface area contributed by atoms with Crippen molar-refractivity contribution in [2.45, 2.75) is 40.2 Å². The number of hydrogen-bond donors (Lipinski definition) is 0. The maximum atomic E-state index is 11.1. The zero-order chi connectivity index (χ0) is 10.3. The lowest BCUT2D eigenvalue weighted by Crippen LogP contribution is -2.34. The molecule has 0 amide bonds. The van der Waals surface area contributed by atoms with Crippen molar-refractivity contribution in [2.75, 3.05) is 19.7 Å². The third kappa shape index (κ3) is 4.88. The van der Waals surface area contributed by atoms with Crippen LogP contribution in [0.2, 0.25) is 0 Å². The van der Waals surface area contributed by atoms with E-state index < -0.39 is 0 Å². The molecule has 0 aliphatic carbocycles. The van der Waals surface area contributed by atoms with Gasteiger partial charge in [0.2, 0.25) is 0 Å². The summed E-state index contributed by atoms with van der Waals surface area (Å²) in [4.78, 5) is 13.4. The third-order valence-corrected chi connectivity index (χ3v) is 2.20. The minimum absolute atomic E-state index is 0.0955. The van der Waals surface area contributed by atoms with Crippen molar-refractivity contribution < 1.29 is 9.53 Å². The average Bonchev–Trinajstić information content (AvgIpc) is 2.06. The van der Waals surface area contributed by atoms with Crippen LogP contribution in [-0.2, 0) is 9.53 Å². The molecular weight excluding hydrogens is 166 g/mol. The topological polar surface area (TPSA) is 29.5 Å². The van der Waals surface area contributed by atoms with E-state index in [2.05, 4.69) is 25.7 Å². The molecule has 0 aromatic heterocycles. The highest BCUT2D eigenvalue weighted by atomic mass is 16.5. The lowest BCUT2D eigenvalue weighted by Gasteiger charge is -2.25. The van der Waals surface area contributed by atoms with Crippen LogP contribution >= 0.6 is 0 Å². The highest BCUT2D eigenvalue weighted by molar-refractivity contribution is 5.69. The third-order valence-electron chi connectivity index (χ3n) is 2.20. The first-order valence-corrected chi connectivity index (χ1v) is 5.05. The maximum Gasteiger partial charge on any atom is 0.307 e. The van der Waals surface area contributed by atoms with Crippen LogP contribution in [0.15, 0.2) is 0 Å². The zero-order valence-corrected chi connectivity index (χ0v) is 9.17. The molecule has 3 heteroatoms. The zero-order valence-electron chi connectivity index (χ0n) is 9.17. The second-order valence-corrected chi connectivity index (χ2v) is 3.08. The van der Waals surface area contributed by atoms with E-state index in [4.69, 9.17) is 4.74 Å². The number of esters is 1. The first kappa shape index (κ1) is 12.4. The van der Waals surface area contributed by atoms with Crippen molar-refractivity contribution in [1.82, 2.24) is 4.90 Å². The molecule has 3 nitrogen and oxygen atoms in total. The number of nitrogens with zero attached hydrogens (tertiary/aromatic N) is 1. The summed E-state index contributed by atoms with van der Waals surface area (Å²) in [6, 6.07) is 0.286. The van der Waals surface area contributed by atoms with Gasteiger partial charge in [0, 0.05) is 6.04 Å². The normalized spacial score (nSPS) is 13.0. The van der Waals surface area contributed by atoms with Gasteiger partial charge in [-0.2, -0.15) is 0 Å². The molecule has 0 aliphatic rings. The molecule has 13 heavy (non-hydrogen) atoms. The molecule has 78 valence electrons. The summed E-state index contributed by atoms with van der Waals surface area (Å²) >= 11 is 0. The SMILES string of the molecule is CCOC(=O)CC(C)N(CC)CC. The highest BCUT2D eigenvalue weighted by Crippen LogP contribution is 2.04. The molecular formula is C10H21NO2. The predicted octanol–water partition coefficient (Wildman–Crippen LogP) is 1.67. The van der Waals surface area contributed by atoms with Crippen molar-refractivity contribution in [3.63, 3.8) is 0 Å². The van der Waals surface area contributed by atoms with E-state index in [1.54, 1.807) is 0 Å². The number of carbonyl (C=O) groups excluding carboxylic acids is 1. The molecule has 0 radical (unpaired) electrons. The van der Waals surface area contributed by atoms with Gasteiger partial charge in [0.05, 0.1) is 13.0 Å². The van der Waals surface area contributed by atoms with Gasteiger partial charge in [-0.1, -0.05) is 13.8 Å². The molecule has 0 aromatic rings. The van der Waals surface area contributed by atoms with Gasteiger partial charge in [-0.3, -0.25) is 4.79 Å². The Morgan fingerprint density at radius 1 is 1.31 bits per heavy atom. The Balaban J connectivity index is 3.82. The van der Waals surface area contributed by atoms with Crippen LogP contribution in [0.1, 0.15) is 34.1 Å². The molecule has 0 aliphatic heterocycles. The Labute approximate surface area is 81.1 Å². The minimum Gasteiger partial charge on any atom is -0.466 e. The molecule has 0 aromatic carbocycles. The number of rotatable bonds is 6. The van der Waals surface area contributed by atoms with Crippen LogP contribution in [0, 0.1) is 0 Å². The Morgan fingerprint density at radius 3 is 2.23 bits per heavy atom. The predicted molar refractivity (Wildman–Crippen MR) is 53.6 cm³/mol. The van der Waals surface area contributed by atoms with Crippen LogP contribution < -0.4 is 0 Å². The Morgan fingerprint density at radius 2 is 1.85 bits per heavy atom. The molecule has 1 unspecified atom stereocenters. The van der Waals surface area contributed by atoms with Gasteiger partial charge >= 0.3 is 5.97 Å². The summed E-state index contributed by atoms with van der Waals surface area (Å²) in [6.45, 7) is 10.5. The molecule has 0 bridgehead atoms. The van der Waals surface area contributed by atoms with E-state index >= 15 is 0 Å². The van der Waals surface area contributed by atoms with Gasteiger partial charge in [-0.15, -0.1) is 0 Å². The molecule has 0 rings (SSSR count). The first-order valence-electron chi connectivity index (χ1n) is 5.05. The van der Waals surface area contributed by atoms with E-state index in [1.165, 1.54) is 0 Å². The van der Waals surface area contributed by atoms with Crippen molar-refractivity contribution in [3.05, 3.63) is 0 Å². The molecule has 0 N–H and O–H groups in total. The molecule has 0 heterocycles. The van der Waals surface area contributed by atoms with Gasteiger partial charge in [0.15, 0.2) is 0 Å². The van der Waals surface area contributed by atoms with E-state index in [0.29, 0.717) is 13.0 Å². The van der Waals surface area contributed by atoms with E-state index in [1.807, 2.05) is 6.92 Å². The van der Waals surface area contributed by atoms with Gasteiger partial charge in [-0.05, 0) is 26.9 Å². The van der Waals surface area contributed by atoms with Crippen LogP contribution in [0.3, 0.4) is 0 Å². The smallest absolute Gasteiger partial charge is 0.307 e. The average molecular weight is 187 g/mol. The van der Waals surface area contributed by atoms with Crippen LogP contribution in [0.5, 0.6) is 0 Å². The first-order chi connectivity index (χ1) is 6.15. The number of hydrogen-bond acceptors (Lipinski definition) is 3. The standard InChI is InChI=1S/C10H21NO2/c1-5-11(6-2)9(4)8-10(12)13-7-3/h9H,5-8H2,1-4H3. The second-order valence-electron chi connectivity index (χ2n) is 3.08. The summed E-state index contributed by atoms with van der Waals surface area (Å²) in [5.41, 5.74) is 0. The van der Waals surface area contributed by atoms with Gasteiger partial charge in [0.25, 0.3) is 0 Å². The maximum absolute atomic E-state index is 11.1. The molecule has 0 saturated carbocycles. The lowest BCUT2D eigenvalue weighted by atomic mass is 10.2. The van der Waals surface area contributed by atoms with Crippen LogP contribution in [-0.4, -0.2) is 36.6 Å². The Hall–Kier alpha value is -0.570. The van der Waals surface area contributed by atoms with Gasteiger partial charge < -0.3 is 9.64 Å². The largest absolute Gasteiger partial charge is 0.466 e. The fourth-order valence-electron chi connectivity index (χ4n) is 1.44. The summed E-state index contributed by atoms with van der Waals surface area (Å²) < 4.78 is 4.89. The second kappa shape index (κ2) is 6.89. The molecule has 0 fully saturated rings. The summed E-state index contributed by atoms with van der Waals surface area (Å²) in [6.07, 6.45) is 0.496.